The minimum absolute atomic E-state index is 0.0420. The van der Waals surface area contributed by atoms with Crippen LogP contribution in [0.1, 0.15) is 33.1 Å². The number of nitrogens with two attached hydrogens (primary N) is 1. The molecule has 5 nitrogen and oxygen atoms in total. The molecule has 2 heterocycles. The summed E-state index contributed by atoms with van der Waals surface area (Å²) in [7, 11) is 0. The maximum absolute atomic E-state index is 12.1. The largest absolute Gasteiger partial charge is 0.355 e. The average Bonchev–Trinajstić information content (AvgIpc) is 2.92. The van der Waals surface area contributed by atoms with Gasteiger partial charge in [0.15, 0.2) is 5.82 Å². The Bertz CT molecular complexity index is 455. The predicted molar refractivity (Wildman–Crippen MR) is 81.7 cm³/mol. The highest BCUT2D eigenvalue weighted by Gasteiger charge is 2.19. The van der Waals surface area contributed by atoms with E-state index in [9.17, 15) is 4.79 Å². The van der Waals surface area contributed by atoms with Gasteiger partial charge in [0.1, 0.15) is 0 Å². The van der Waals surface area contributed by atoms with E-state index in [1.165, 1.54) is 12.8 Å². The molecule has 1 saturated heterocycles. The molecule has 1 unspecified atom stereocenters. The van der Waals surface area contributed by atoms with Gasteiger partial charge >= 0.3 is 0 Å². The molecule has 0 radical (unpaired) electrons. The van der Waals surface area contributed by atoms with Crippen LogP contribution < -0.4 is 16.0 Å². The number of carbonyl (C=O) groups is 1. The van der Waals surface area contributed by atoms with Crippen molar-refractivity contribution in [1.82, 2.24) is 4.98 Å². The van der Waals surface area contributed by atoms with Gasteiger partial charge in [0.05, 0.1) is 5.69 Å². The smallest absolute Gasteiger partial charge is 0.226 e. The second kappa shape index (κ2) is 6.70. The standard InChI is InChI=1S/C15H24N4O/c1-11(2)12(16)10-14(20)18-13-6-5-7-17-15(13)19-8-3-4-9-19/h5-7,11-12H,3-4,8-10,16H2,1-2H3,(H,18,20). The summed E-state index contributed by atoms with van der Waals surface area (Å²) in [5.74, 6) is 1.13. The Morgan fingerprint density at radius 3 is 2.80 bits per heavy atom. The number of pyridine rings is 1. The van der Waals surface area contributed by atoms with Gasteiger partial charge in [-0.2, -0.15) is 0 Å². The van der Waals surface area contributed by atoms with Crippen molar-refractivity contribution >= 4 is 17.4 Å². The zero-order valence-corrected chi connectivity index (χ0v) is 12.3. The summed E-state index contributed by atoms with van der Waals surface area (Å²) in [6, 6.07) is 3.64. The lowest BCUT2D eigenvalue weighted by Crippen LogP contribution is -2.32. The first-order valence-electron chi connectivity index (χ1n) is 7.33. The first kappa shape index (κ1) is 14.8. The van der Waals surface area contributed by atoms with E-state index in [1.807, 2.05) is 26.0 Å². The summed E-state index contributed by atoms with van der Waals surface area (Å²) in [4.78, 5) is 18.7. The van der Waals surface area contributed by atoms with Crippen molar-refractivity contribution in [3.63, 3.8) is 0 Å². The number of hydrogen-bond acceptors (Lipinski definition) is 4. The van der Waals surface area contributed by atoms with Gasteiger partial charge in [-0.1, -0.05) is 13.8 Å². The number of aromatic nitrogens is 1. The third-order valence-corrected chi connectivity index (χ3v) is 3.74. The number of nitrogens with zero attached hydrogens (tertiary/aromatic N) is 2. The molecule has 5 heteroatoms. The fourth-order valence-electron chi connectivity index (χ4n) is 2.33. The molecule has 1 aromatic heterocycles. The van der Waals surface area contributed by atoms with Crippen molar-refractivity contribution in [3.8, 4) is 0 Å². The van der Waals surface area contributed by atoms with Gasteiger partial charge in [-0.3, -0.25) is 4.79 Å². The first-order chi connectivity index (χ1) is 9.58. The van der Waals surface area contributed by atoms with Gasteiger partial charge in [0.25, 0.3) is 0 Å². The highest BCUT2D eigenvalue weighted by molar-refractivity contribution is 5.94. The Hall–Kier alpha value is -1.62. The Balaban J connectivity index is 2.03. The molecule has 1 atom stereocenters. The number of rotatable bonds is 5. The van der Waals surface area contributed by atoms with E-state index in [-0.39, 0.29) is 11.9 Å². The van der Waals surface area contributed by atoms with Crippen molar-refractivity contribution in [2.75, 3.05) is 23.3 Å². The normalized spacial score (nSPS) is 16.5. The second-order valence-electron chi connectivity index (χ2n) is 5.73. The molecule has 0 aromatic carbocycles. The van der Waals surface area contributed by atoms with Crippen molar-refractivity contribution in [3.05, 3.63) is 18.3 Å². The van der Waals surface area contributed by atoms with E-state index < -0.39 is 0 Å². The fourth-order valence-corrected chi connectivity index (χ4v) is 2.33. The summed E-state index contributed by atoms with van der Waals surface area (Å²) in [5.41, 5.74) is 6.73. The first-order valence-corrected chi connectivity index (χ1v) is 7.33. The zero-order chi connectivity index (χ0) is 14.5. The van der Waals surface area contributed by atoms with Gasteiger partial charge in [-0.15, -0.1) is 0 Å². The lowest BCUT2D eigenvalue weighted by Gasteiger charge is -2.21. The van der Waals surface area contributed by atoms with Crippen LogP contribution in [0.5, 0.6) is 0 Å². The molecule has 1 aromatic rings. The molecule has 1 aliphatic rings. The van der Waals surface area contributed by atoms with E-state index >= 15 is 0 Å². The van der Waals surface area contributed by atoms with Crippen LogP contribution in [0.25, 0.3) is 0 Å². The predicted octanol–water partition coefficient (Wildman–Crippen LogP) is 1.99. The number of hydrogen-bond donors (Lipinski definition) is 2. The minimum Gasteiger partial charge on any atom is -0.355 e. The molecule has 0 aliphatic carbocycles. The third-order valence-electron chi connectivity index (χ3n) is 3.74. The van der Waals surface area contributed by atoms with Crippen LogP contribution in [0.2, 0.25) is 0 Å². The number of anilines is 2. The highest BCUT2D eigenvalue weighted by Crippen LogP contribution is 2.26. The summed E-state index contributed by atoms with van der Waals surface area (Å²) in [6.07, 6.45) is 4.47. The number of carbonyl (C=O) groups excluding carboxylic acids is 1. The second-order valence-corrected chi connectivity index (χ2v) is 5.73. The number of amides is 1. The van der Waals surface area contributed by atoms with E-state index in [0.717, 1.165) is 24.6 Å². The molecule has 1 fully saturated rings. The maximum Gasteiger partial charge on any atom is 0.226 e. The third kappa shape index (κ3) is 3.70. The average molecular weight is 276 g/mol. The Kier molecular flexibility index (Phi) is 4.95. The molecule has 1 aliphatic heterocycles. The molecular formula is C15H24N4O. The monoisotopic (exact) mass is 276 g/mol. The molecule has 1 amide bonds. The lowest BCUT2D eigenvalue weighted by atomic mass is 10.0. The van der Waals surface area contributed by atoms with Crippen LogP contribution in [-0.2, 0) is 4.79 Å². The van der Waals surface area contributed by atoms with Gasteiger partial charge in [0, 0.05) is 31.7 Å². The van der Waals surface area contributed by atoms with Crippen LogP contribution in [0, 0.1) is 5.92 Å². The van der Waals surface area contributed by atoms with Gasteiger partial charge < -0.3 is 16.0 Å². The zero-order valence-electron chi connectivity index (χ0n) is 12.3. The quantitative estimate of drug-likeness (QED) is 0.863. The van der Waals surface area contributed by atoms with E-state index in [2.05, 4.69) is 15.2 Å². The van der Waals surface area contributed by atoms with Crippen LogP contribution >= 0.6 is 0 Å². The Morgan fingerprint density at radius 2 is 2.15 bits per heavy atom. The van der Waals surface area contributed by atoms with E-state index in [0.29, 0.717) is 12.3 Å². The van der Waals surface area contributed by atoms with Gasteiger partial charge in [0.2, 0.25) is 5.91 Å². The van der Waals surface area contributed by atoms with Crippen molar-refractivity contribution in [2.24, 2.45) is 11.7 Å². The van der Waals surface area contributed by atoms with Crippen molar-refractivity contribution < 1.29 is 4.79 Å². The number of nitrogens with one attached hydrogen (secondary N) is 1. The topological polar surface area (TPSA) is 71.2 Å². The van der Waals surface area contributed by atoms with Crippen molar-refractivity contribution in [1.29, 1.82) is 0 Å². The summed E-state index contributed by atoms with van der Waals surface area (Å²) in [6.45, 7) is 6.06. The summed E-state index contributed by atoms with van der Waals surface area (Å²) >= 11 is 0. The highest BCUT2D eigenvalue weighted by atomic mass is 16.1. The van der Waals surface area contributed by atoms with Crippen LogP contribution in [-0.4, -0.2) is 30.0 Å². The van der Waals surface area contributed by atoms with E-state index in [4.69, 9.17) is 5.73 Å². The molecule has 110 valence electrons. The fraction of sp³-hybridized carbons (Fsp3) is 0.600. The van der Waals surface area contributed by atoms with Gasteiger partial charge in [-0.05, 0) is 30.9 Å². The molecular weight excluding hydrogens is 252 g/mol. The SMILES string of the molecule is CC(C)C(N)CC(=O)Nc1cccnc1N1CCCC1. The molecule has 0 saturated carbocycles. The summed E-state index contributed by atoms with van der Waals surface area (Å²) in [5, 5.41) is 2.95. The Morgan fingerprint density at radius 1 is 1.45 bits per heavy atom. The van der Waals surface area contributed by atoms with Gasteiger partial charge in [-0.25, -0.2) is 4.98 Å². The minimum atomic E-state index is -0.109. The maximum atomic E-state index is 12.1. The Labute approximate surface area is 120 Å². The molecule has 20 heavy (non-hydrogen) atoms. The molecule has 3 N–H and O–H groups in total. The van der Waals surface area contributed by atoms with Crippen molar-refractivity contribution in [2.45, 2.75) is 39.2 Å². The molecule has 0 bridgehead atoms. The van der Waals surface area contributed by atoms with Crippen LogP contribution in [0.15, 0.2) is 18.3 Å². The summed E-state index contributed by atoms with van der Waals surface area (Å²) < 4.78 is 0. The molecule has 0 spiro atoms. The molecule has 2 rings (SSSR count). The van der Waals surface area contributed by atoms with E-state index in [1.54, 1.807) is 6.20 Å². The lowest BCUT2D eigenvalue weighted by molar-refractivity contribution is -0.116. The van der Waals surface area contributed by atoms with Crippen LogP contribution in [0.3, 0.4) is 0 Å². The van der Waals surface area contributed by atoms with Crippen LogP contribution in [0.4, 0.5) is 11.5 Å².